The summed E-state index contributed by atoms with van der Waals surface area (Å²) in [6.07, 6.45) is 0.882. The second kappa shape index (κ2) is 5.46. The molecule has 2 aromatic rings. The fourth-order valence-electron chi connectivity index (χ4n) is 2.17. The second-order valence-electron chi connectivity index (χ2n) is 5.45. The molecule has 0 fully saturated rings. The van der Waals surface area contributed by atoms with Gasteiger partial charge >= 0.3 is 0 Å². The van der Waals surface area contributed by atoms with E-state index >= 15 is 0 Å². The highest BCUT2D eigenvalue weighted by atomic mass is 16.3. The number of nitriles is 1. The summed E-state index contributed by atoms with van der Waals surface area (Å²) in [5, 5.41) is 13.5. The van der Waals surface area contributed by atoms with E-state index in [2.05, 4.69) is 24.4 Å². The summed E-state index contributed by atoms with van der Waals surface area (Å²) < 4.78 is 5.85. The van der Waals surface area contributed by atoms with Crippen LogP contribution in [0.25, 0.3) is 11.0 Å². The first-order valence-corrected chi connectivity index (χ1v) is 6.68. The molecule has 0 bridgehead atoms. The first kappa shape index (κ1) is 13.6. The zero-order valence-electron chi connectivity index (χ0n) is 11.8. The maximum absolute atomic E-state index is 9.02. The lowest BCUT2D eigenvalue weighted by Crippen LogP contribution is -2.27. The van der Waals surface area contributed by atoms with Crippen LogP contribution in [-0.4, -0.2) is 6.54 Å². The summed E-state index contributed by atoms with van der Waals surface area (Å²) in [5.41, 5.74) is 1.81. The van der Waals surface area contributed by atoms with E-state index < -0.39 is 0 Å². The third-order valence-corrected chi connectivity index (χ3v) is 3.27. The first-order valence-electron chi connectivity index (χ1n) is 6.68. The lowest BCUT2D eigenvalue weighted by molar-refractivity contribution is 0.442. The Hall–Kier alpha value is -1.79. The summed E-state index contributed by atoms with van der Waals surface area (Å²) >= 11 is 0. The Morgan fingerprint density at radius 2 is 2.05 bits per heavy atom. The lowest BCUT2D eigenvalue weighted by atomic mass is 9.96. The Bertz CT molecular complexity index is 605. The lowest BCUT2D eigenvalue weighted by Gasteiger charge is -2.15. The number of hydrogen-bond donors (Lipinski definition) is 1. The monoisotopic (exact) mass is 256 g/mol. The van der Waals surface area contributed by atoms with Crippen LogP contribution in [0.3, 0.4) is 0 Å². The molecule has 0 atom stereocenters. The number of nitrogens with zero attached hydrogens (tertiary/aromatic N) is 1. The van der Waals surface area contributed by atoms with Crippen molar-refractivity contribution in [1.29, 1.82) is 5.26 Å². The number of hydrogen-bond acceptors (Lipinski definition) is 3. The topological polar surface area (TPSA) is 49.0 Å². The maximum atomic E-state index is 9.02. The van der Waals surface area contributed by atoms with E-state index in [1.54, 1.807) is 0 Å². The summed E-state index contributed by atoms with van der Waals surface area (Å²) in [4.78, 5) is 0. The summed E-state index contributed by atoms with van der Waals surface area (Å²) in [6.45, 7) is 7.39. The number of para-hydroxylation sites is 1. The van der Waals surface area contributed by atoms with Gasteiger partial charge in [0.1, 0.15) is 11.3 Å². The smallest absolute Gasteiger partial charge is 0.134 e. The van der Waals surface area contributed by atoms with Crippen molar-refractivity contribution in [2.24, 2.45) is 5.41 Å². The molecule has 2 rings (SSSR count). The molecular formula is C16H20N2O. The molecule has 1 aromatic heterocycles. The summed E-state index contributed by atoms with van der Waals surface area (Å²) in [6, 6.07) is 10.4. The number of nitrogens with one attached hydrogen (secondary N) is 1. The van der Waals surface area contributed by atoms with Crippen LogP contribution in [0.15, 0.2) is 28.7 Å². The largest absolute Gasteiger partial charge is 0.461 e. The van der Waals surface area contributed by atoms with Gasteiger partial charge in [-0.2, -0.15) is 5.26 Å². The molecule has 0 unspecified atom stereocenters. The average molecular weight is 256 g/mol. The van der Waals surface area contributed by atoms with Crippen molar-refractivity contribution in [3.05, 3.63) is 35.6 Å². The van der Waals surface area contributed by atoms with Crippen LogP contribution in [0.1, 0.15) is 32.1 Å². The molecule has 0 aliphatic carbocycles. The molecule has 0 saturated heterocycles. The zero-order chi connectivity index (χ0) is 13.9. The Labute approximate surface area is 114 Å². The van der Waals surface area contributed by atoms with Gasteiger partial charge in [-0.05, 0) is 19.9 Å². The van der Waals surface area contributed by atoms with E-state index in [4.69, 9.17) is 9.68 Å². The standard InChI is InChI=1S/C16H20N2O/c1-4-14-13(9-18-11-16(2,3)10-17)12-7-5-6-8-15(12)19-14/h5-8,18H,4,9,11H2,1-3H3. The Morgan fingerprint density at radius 3 is 2.74 bits per heavy atom. The molecule has 3 heteroatoms. The summed E-state index contributed by atoms with van der Waals surface area (Å²) in [5.74, 6) is 1.03. The highest BCUT2D eigenvalue weighted by molar-refractivity contribution is 5.82. The van der Waals surface area contributed by atoms with Crippen LogP contribution >= 0.6 is 0 Å². The molecule has 0 saturated carbocycles. The second-order valence-corrected chi connectivity index (χ2v) is 5.45. The molecule has 3 nitrogen and oxygen atoms in total. The number of benzene rings is 1. The minimum Gasteiger partial charge on any atom is -0.461 e. The van der Waals surface area contributed by atoms with Gasteiger partial charge in [-0.25, -0.2) is 0 Å². The van der Waals surface area contributed by atoms with Crippen molar-refractivity contribution >= 4 is 11.0 Å². The van der Waals surface area contributed by atoms with Gasteiger partial charge in [-0.1, -0.05) is 25.1 Å². The molecule has 1 aromatic carbocycles. The fraction of sp³-hybridized carbons (Fsp3) is 0.438. The highest BCUT2D eigenvalue weighted by Crippen LogP contribution is 2.26. The molecule has 0 spiro atoms. The Morgan fingerprint density at radius 1 is 1.32 bits per heavy atom. The third-order valence-electron chi connectivity index (χ3n) is 3.27. The molecule has 0 amide bonds. The quantitative estimate of drug-likeness (QED) is 0.888. The molecule has 0 radical (unpaired) electrons. The number of rotatable bonds is 5. The van der Waals surface area contributed by atoms with Crippen molar-refractivity contribution in [2.75, 3.05) is 6.54 Å². The van der Waals surface area contributed by atoms with E-state index in [0.717, 1.165) is 24.3 Å². The Balaban J connectivity index is 2.18. The number of fused-ring (bicyclic) bond motifs is 1. The highest BCUT2D eigenvalue weighted by Gasteiger charge is 2.17. The minimum absolute atomic E-state index is 0.341. The first-order chi connectivity index (χ1) is 9.07. The Kier molecular flexibility index (Phi) is 3.92. The van der Waals surface area contributed by atoms with Crippen LogP contribution in [0.4, 0.5) is 0 Å². The van der Waals surface area contributed by atoms with E-state index in [9.17, 15) is 0 Å². The van der Waals surface area contributed by atoms with Gasteiger partial charge in [0.15, 0.2) is 0 Å². The van der Waals surface area contributed by atoms with Gasteiger partial charge in [0, 0.05) is 30.5 Å². The van der Waals surface area contributed by atoms with Crippen LogP contribution in [0.2, 0.25) is 0 Å². The average Bonchev–Trinajstić information content (AvgIpc) is 2.77. The molecule has 1 N–H and O–H groups in total. The SMILES string of the molecule is CCc1oc2ccccc2c1CNCC(C)(C)C#N. The number of aryl methyl sites for hydroxylation is 1. The van der Waals surface area contributed by atoms with E-state index in [-0.39, 0.29) is 5.41 Å². The van der Waals surface area contributed by atoms with Gasteiger partial charge < -0.3 is 9.73 Å². The van der Waals surface area contributed by atoms with Crippen LogP contribution in [-0.2, 0) is 13.0 Å². The van der Waals surface area contributed by atoms with Crippen LogP contribution in [0, 0.1) is 16.7 Å². The van der Waals surface area contributed by atoms with Gasteiger partial charge in [0.05, 0.1) is 11.5 Å². The van der Waals surface area contributed by atoms with E-state index in [0.29, 0.717) is 6.54 Å². The molecule has 19 heavy (non-hydrogen) atoms. The molecule has 0 aliphatic rings. The van der Waals surface area contributed by atoms with Crippen LogP contribution < -0.4 is 5.32 Å². The van der Waals surface area contributed by atoms with Crippen molar-refractivity contribution in [3.63, 3.8) is 0 Å². The molecule has 0 aliphatic heterocycles. The third kappa shape index (κ3) is 2.97. The van der Waals surface area contributed by atoms with E-state index in [1.807, 2.05) is 32.0 Å². The zero-order valence-corrected chi connectivity index (χ0v) is 11.8. The van der Waals surface area contributed by atoms with Crippen molar-refractivity contribution < 1.29 is 4.42 Å². The predicted octanol–water partition coefficient (Wildman–Crippen LogP) is 3.63. The van der Waals surface area contributed by atoms with Gasteiger partial charge in [-0.3, -0.25) is 0 Å². The normalized spacial score (nSPS) is 11.7. The van der Waals surface area contributed by atoms with Crippen molar-refractivity contribution in [3.8, 4) is 6.07 Å². The van der Waals surface area contributed by atoms with E-state index in [1.165, 1.54) is 10.9 Å². The van der Waals surface area contributed by atoms with Crippen molar-refractivity contribution in [2.45, 2.75) is 33.7 Å². The van der Waals surface area contributed by atoms with Gasteiger partial charge in [0.25, 0.3) is 0 Å². The minimum atomic E-state index is -0.341. The maximum Gasteiger partial charge on any atom is 0.134 e. The molecule has 100 valence electrons. The van der Waals surface area contributed by atoms with Crippen molar-refractivity contribution in [1.82, 2.24) is 5.32 Å². The number of furan rings is 1. The van der Waals surface area contributed by atoms with Crippen LogP contribution in [0.5, 0.6) is 0 Å². The fourth-order valence-corrected chi connectivity index (χ4v) is 2.17. The summed E-state index contributed by atoms with van der Waals surface area (Å²) in [7, 11) is 0. The van der Waals surface area contributed by atoms with Gasteiger partial charge in [-0.15, -0.1) is 0 Å². The molecule has 1 heterocycles. The molecular weight excluding hydrogens is 236 g/mol. The van der Waals surface area contributed by atoms with Gasteiger partial charge in [0.2, 0.25) is 0 Å². The predicted molar refractivity (Wildman–Crippen MR) is 76.7 cm³/mol.